The molecule has 0 aliphatic carbocycles. The number of carbonyl (C=O) groups excluding carboxylic acids is 2. The molecule has 156 valence electrons. The van der Waals surface area contributed by atoms with Gasteiger partial charge in [0.05, 0.1) is 4.92 Å². The summed E-state index contributed by atoms with van der Waals surface area (Å²) in [7, 11) is -0.385. The van der Waals surface area contributed by atoms with E-state index in [2.05, 4.69) is 18.9 Å². The number of non-ortho nitro benzene ring substituents is 1. The first-order valence-corrected chi connectivity index (χ1v) is 12.2. The van der Waals surface area contributed by atoms with Crippen LogP contribution in [0.25, 0.3) is 0 Å². The van der Waals surface area contributed by atoms with Gasteiger partial charge in [-0.1, -0.05) is 13.8 Å². The topological polar surface area (TPSA) is 102 Å². The molecule has 10 heteroatoms. The molecule has 2 heterocycles. The molecule has 29 heavy (non-hydrogen) atoms. The maximum atomic E-state index is 12.8. The van der Waals surface area contributed by atoms with Gasteiger partial charge in [-0.2, -0.15) is 0 Å². The monoisotopic (exact) mass is 437 g/mol. The molecule has 2 aliphatic rings. The van der Waals surface area contributed by atoms with Crippen molar-refractivity contribution < 1.29 is 19.2 Å². The van der Waals surface area contributed by atoms with Gasteiger partial charge in [-0.15, -0.1) is 11.8 Å². The average molecular weight is 437 g/mol. The molecule has 1 N–H and O–H groups in total. The summed E-state index contributed by atoms with van der Waals surface area (Å²) >= 11 is 1.66. The first-order valence-electron chi connectivity index (χ1n) is 9.43. The number of hydrogen-bond donors (Lipinski definition) is 1. The van der Waals surface area contributed by atoms with Crippen LogP contribution in [0.15, 0.2) is 35.5 Å². The Morgan fingerprint density at radius 3 is 2.59 bits per heavy atom. The Hall–Kier alpha value is -1.96. The van der Waals surface area contributed by atoms with Crippen molar-refractivity contribution in [3.05, 3.63) is 51.2 Å². The number of carbonyl (C=O) groups is 2. The summed E-state index contributed by atoms with van der Waals surface area (Å²) in [6.45, 7) is 6.06. The number of nitro groups is 1. The van der Waals surface area contributed by atoms with Crippen LogP contribution in [-0.2, 0) is 20.9 Å². The predicted octanol–water partition coefficient (Wildman–Crippen LogP) is 3.22. The number of rotatable bonds is 8. The van der Waals surface area contributed by atoms with Crippen LogP contribution in [0.3, 0.4) is 0 Å². The number of hydrogen-bond acceptors (Lipinski definition) is 7. The molecule has 0 radical (unpaired) electrons. The van der Waals surface area contributed by atoms with Gasteiger partial charge in [0.2, 0.25) is 5.91 Å². The molecule has 1 aromatic rings. The molecule has 0 unspecified atom stereocenters. The zero-order valence-corrected chi connectivity index (χ0v) is 18.3. The van der Waals surface area contributed by atoms with Crippen LogP contribution in [0.5, 0.6) is 0 Å². The number of ether oxygens (including phenoxy) is 1. The number of nitrogens with one attached hydrogen (secondary N) is 1. The van der Waals surface area contributed by atoms with Gasteiger partial charge >= 0.3 is 5.97 Å². The number of amides is 1. The minimum absolute atomic E-state index is 0.00784. The lowest BCUT2D eigenvalue weighted by Gasteiger charge is -2.50. The minimum Gasteiger partial charge on any atom is -0.456 e. The highest BCUT2D eigenvalue weighted by Crippen LogP contribution is 2.43. The van der Waals surface area contributed by atoms with Crippen LogP contribution < -0.4 is 5.09 Å². The molecule has 2 atom stereocenters. The third-order valence-corrected chi connectivity index (χ3v) is 8.55. The van der Waals surface area contributed by atoms with Crippen molar-refractivity contribution >= 4 is 37.4 Å². The average Bonchev–Trinajstić information content (AvgIpc) is 2.72. The normalized spacial score (nSPS) is 21.1. The molecule has 1 fully saturated rings. The minimum atomic E-state index is -0.536. The summed E-state index contributed by atoms with van der Waals surface area (Å²) in [6.07, 6.45) is 2.01. The highest BCUT2D eigenvalue weighted by molar-refractivity contribution is 8.00. The summed E-state index contributed by atoms with van der Waals surface area (Å²) in [5.74, 6) is 0.0505. The molecule has 0 aromatic heterocycles. The number of benzene rings is 1. The van der Waals surface area contributed by atoms with E-state index < -0.39 is 10.9 Å². The molecule has 1 aromatic carbocycles. The molecule has 8 nitrogen and oxygen atoms in total. The van der Waals surface area contributed by atoms with Crippen molar-refractivity contribution in [3.8, 4) is 0 Å². The van der Waals surface area contributed by atoms with Gasteiger partial charge in [-0.3, -0.25) is 24.9 Å². The van der Waals surface area contributed by atoms with E-state index in [0.717, 1.165) is 17.9 Å². The van der Waals surface area contributed by atoms with E-state index in [1.807, 2.05) is 6.92 Å². The fourth-order valence-corrected chi connectivity index (χ4v) is 6.13. The van der Waals surface area contributed by atoms with E-state index in [1.165, 1.54) is 12.1 Å². The number of nitro benzene ring substituents is 1. The van der Waals surface area contributed by atoms with E-state index in [1.54, 1.807) is 28.8 Å². The second kappa shape index (κ2) is 9.24. The highest BCUT2D eigenvalue weighted by atomic mass is 32.2. The SMILES string of the molecule is CCP(CC)N[C@@H]1C(=O)N2C(C(=O)OCc3ccc([N+](=O)[O-])cc3)=C(C)CS[C@@H]12. The van der Waals surface area contributed by atoms with Crippen molar-refractivity contribution in [1.29, 1.82) is 0 Å². The fraction of sp³-hybridized carbons (Fsp3) is 0.474. The first-order chi connectivity index (χ1) is 13.9. The fourth-order valence-electron chi connectivity index (χ4n) is 3.28. The number of esters is 1. The van der Waals surface area contributed by atoms with E-state index in [-0.39, 0.29) is 37.7 Å². The lowest BCUT2D eigenvalue weighted by atomic mass is 10.0. The van der Waals surface area contributed by atoms with Crippen LogP contribution in [-0.4, -0.2) is 51.2 Å². The third-order valence-electron chi connectivity index (χ3n) is 4.95. The predicted molar refractivity (Wildman–Crippen MR) is 114 cm³/mol. The van der Waals surface area contributed by atoms with Crippen molar-refractivity contribution in [3.63, 3.8) is 0 Å². The summed E-state index contributed by atoms with van der Waals surface area (Å²) in [5.41, 5.74) is 1.78. The van der Waals surface area contributed by atoms with Crippen LogP contribution in [0, 0.1) is 10.1 Å². The molecule has 2 aliphatic heterocycles. The number of thioether (sulfide) groups is 1. The summed E-state index contributed by atoms with van der Waals surface area (Å²) in [6, 6.07) is 5.60. The Morgan fingerprint density at radius 2 is 2.00 bits per heavy atom. The van der Waals surface area contributed by atoms with Crippen LogP contribution in [0.2, 0.25) is 0 Å². The van der Waals surface area contributed by atoms with Crippen molar-refractivity contribution in [2.24, 2.45) is 0 Å². The third kappa shape index (κ3) is 4.47. The molecule has 1 saturated heterocycles. The van der Waals surface area contributed by atoms with Gasteiger partial charge in [0, 0.05) is 17.9 Å². The zero-order chi connectivity index (χ0) is 21.1. The van der Waals surface area contributed by atoms with Crippen molar-refractivity contribution in [1.82, 2.24) is 9.99 Å². The number of nitrogens with zero attached hydrogens (tertiary/aromatic N) is 2. The van der Waals surface area contributed by atoms with Gasteiger partial charge < -0.3 is 4.74 Å². The first kappa shape index (κ1) is 21.7. The van der Waals surface area contributed by atoms with Crippen molar-refractivity contribution in [2.75, 3.05) is 18.1 Å². The van der Waals surface area contributed by atoms with E-state index >= 15 is 0 Å². The molecule has 0 spiro atoms. The van der Waals surface area contributed by atoms with Gasteiger partial charge in [0.1, 0.15) is 23.7 Å². The van der Waals surface area contributed by atoms with Gasteiger partial charge in [0.25, 0.3) is 5.69 Å². The Morgan fingerprint density at radius 1 is 1.34 bits per heavy atom. The molecular formula is C19H24N3O5PS. The van der Waals surface area contributed by atoms with Gasteiger partial charge in [0.15, 0.2) is 0 Å². The molecule has 0 saturated carbocycles. The molecule has 0 bridgehead atoms. The maximum Gasteiger partial charge on any atom is 0.355 e. The van der Waals surface area contributed by atoms with E-state index in [0.29, 0.717) is 17.0 Å². The number of β-lactam (4-membered cyclic amide) rings is 1. The molecular weight excluding hydrogens is 413 g/mol. The molecule has 3 rings (SSSR count). The standard InChI is InChI=1S/C19H24N3O5PS/c1-4-28(5-2)20-15-17(23)21-16(12(3)11-29-18(15)21)19(24)27-10-13-6-8-14(9-7-13)22(25)26/h6-9,15,18,20H,4-5,10-11H2,1-3H3/t15-,18+/m1/s1. The van der Waals surface area contributed by atoms with Crippen LogP contribution in [0.1, 0.15) is 26.3 Å². The Balaban J connectivity index is 1.65. The lowest BCUT2D eigenvalue weighted by molar-refractivity contribution is -0.384. The smallest absolute Gasteiger partial charge is 0.355 e. The number of fused-ring (bicyclic) bond motifs is 1. The zero-order valence-electron chi connectivity index (χ0n) is 16.6. The lowest BCUT2D eigenvalue weighted by Crippen LogP contribution is -2.69. The second-order valence-electron chi connectivity index (χ2n) is 6.82. The maximum absolute atomic E-state index is 12.8. The van der Waals surface area contributed by atoms with Gasteiger partial charge in [-0.05, 0) is 50.6 Å². The van der Waals surface area contributed by atoms with Crippen molar-refractivity contribution in [2.45, 2.75) is 38.8 Å². The molecule has 1 amide bonds. The summed E-state index contributed by atoms with van der Waals surface area (Å²) < 4.78 is 5.41. The summed E-state index contributed by atoms with van der Waals surface area (Å²) in [5, 5.41) is 14.1. The highest BCUT2D eigenvalue weighted by Gasteiger charge is 2.53. The largest absolute Gasteiger partial charge is 0.456 e. The Labute approximate surface area is 175 Å². The second-order valence-corrected chi connectivity index (χ2v) is 10.5. The Kier molecular flexibility index (Phi) is 6.93. The summed E-state index contributed by atoms with van der Waals surface area (Å²) in [4.78, 5) is 37.3. The van der Waals surface area contributed by atoms with Crippen LogP contribution >= 0.6 is 19.8 Å². The van der Waals surface area contributed by atoms with E-state index in [4.69, 9.17) is 4.74 Å². The van der Waals surface area contributed by atoms with Crippen LogP contribution in [0.4, 0.5) is 5.69 Å². The van der Waals surface area contributed by atoms with Gasteiger partial charge in [-0.25, -0.2) is 4.79 Å². The van der Waals surface area contributed by atoms with E-state index in [9.17, 15) is 19.7 Å². The Bertz CT molecular complexity index is 841. The quantitative estimate of drug-likeness (QED) is 0.219.